The topological polar surface area (TPSA) is 26.3 Å². The maximum absolute atomic E-state index is 12.2. The van der Waals surface area contributed by atoms with Crippen molar-refractivity contribution >= 4 is 5.97 Å². The van der Waals surface area contributed by atoms with Gasteiger partial charge in [-0.05, 0) is 62.4 Å². The van der Waals surface area contributed by atoms with Gasteiger partial charge in [0, 0.05) is 5.92 Å². The molecule has 0 unspecified atom stereocenters. The molecule has 3 atom stereocenters. The van der Waals surface area contributed by atoms with Crippen LogP contribution in [0.3, 0.4) is 0 Å². The van der Waals surface area contributed by atoms with Gasteiger partial charge in [-0.2, -0.15) is 0 Å². The van der Waals surface area contributed by atoms with E-state index >= 15 is 0 Å². The lowest BCUT2D eigenvalue weighted by atomic mass is 9.63. The van der Waals surface area contributed by atoms with Crippen molar-refractivity contribution in [1.29, 1.82) is 0 Å². The van der Waals surface area contributed by atoms with Gasteiger partial charge in [0.05, 0.1) is 5.41 Å². The Labute approximate surface area is 123 Å². The molecule has 1 spiro atoms. The van der Waals surface area contributed by atoms with Gasteiger partial charge in [0.25, 0.3) is 0 Å². The fraction of sp³-hybridized carbons (Fsp3) is 0.833. The number of hydrogen-bond donors (Lipinski definition) is 0. The van der Waals surface area contributed by atoms with Gasteiger partial charge in [-0.15, -0.1) is 0 Å². The number of rotatable bonds is 1. The lowest BCUT2D eigenvalue weighted by Crippen LogP contribution is -2.33. The summed E-state index contributed by atoms with van der Waals surface area (Å²) in [6.45, 7) is 13.0. The molecule has 2 heteroatoms. The van der Waals surface area contributed by atoms with Gasteiger partial charge < -0.3 is 4.74 Å². The number of hydrogen-bond acceptors (Lipinski definition) is 2. The van der Waals surface area contributed by atoms with E-state index in [4.69, 9.17) is 4.74 Å². The van der Waals surface area contributed by atoms with E-state index < -0.39 is 5.41 Å². The summed E-state index contributed by atoms with van der Waals surface area (Å²) < 4.78 is 5.80. The maximum Gasteiger partial charge on any atom is 0.316 e. The highest BCUT2D eigenvalue weighted by Crippen LogP contribution is 2.86. The fourth-order valence-electron chi connectivity index (χ4n) is 5.34. The highest BCUT2D eigenvalue weighted by molar-refractivity contribution is 5.76. The Hall–Kier alpha value is -0.790. The summed E-state index contributed by atoms with van der Waals surface area (Å²) in [7, 11) is 0. The van der Waals surface area contributed by atoms with Crippen LogP contribution in [0.1, 0.15) is 67.2 Å². The standard InChI is InChI=1S/C18H28O2/c1-15(2,3)14(19)20-12-8-11-18-13(12)17(18,6)10-7-9-16(18,4)5/h8,13H,7,9-11H2,1-6H3/t13-,17-,18-/m1/s1. The van der Waals surface area contributed by atoms with E-state index in [0.717, 1.165) is 12.2 Å². The number of fused-ring (bicyclic) bond motifs is 1. The molecule has 0 aromatic rings. The third kappa shape index (κ3) is 1.48. The van der Waals surface area contributed by atoms with Crippen molar-refractivity contribution in [1.82, 2.24) is 0 Å². The second-order valence-electron chi connectivity index (χ2n) is 9.01. The highest BCUT2D eigenvalue weighted by Gasteiger charge is 2.82. The number of carbonyl (C=O) groups is 1. The molecule has 0 N–H and O–H groups in total. The molecule has 0 bridgehead atoms. The lowest BCUT2D eigenvalue weighted by molar-refractivity contribution is -0.149. The average molecular weight is 276 g/mol. The van der Waals surface area contributed by atoms with Crippen LogP contribution in [0.15, 0.2) is 11.8 Å². The van der Waals surface area contributed by atoms with Crippen molar-refractivity contribution in [2.24, 2.45) is 27.6 Å². The van der Waals surface area contributed by atoms with Crippen LogP contribution in [0, 0.1) is 27.6 Å². The first-order chi connectivity index (χ1) is 9.06. The zero-order chi connectivity index (χ0) is 15.0. The number of ether oxygens (including phenoxy) is 1. The molecule has 3 rings (SSSR count). The molecule has 2 nitrogen and oxygen atoms in total. The summed E-state index contributed by atoms with van der Waals surface area (Å²) in [5, 5.41) is 0. The summed E-state index contributed by atoms with van der Waals surface area (Å²) in [6.07, 6.45) is 7.18. The Kier molecular flexibility index (Phi) is 2.62. The monoisotopic (exact) mass is 276 g/mol. The molecule has 0 radical (unpaired) electrons. The van der Waals surface area contributed by atoms with Crippen molar-refractivity contribution in [2.45, 2.75) is 67.2 Å². The molecule has 3 aliphatic rings. The Morgan fingerprint density at radius 2 is 1.90 bits per heavy atom. The minimum Gasteiger partial charge on any atom is -0.431 e. The lowest BCUT2D eigenvalue weighted by Gasteiger charge is -2.41. The molecular formula is C18H28O2. The van der Waals surface area contributed by atoms with E-state index in [9.17, 15) is 4.79 Å². The molecule has 112 valence electrons. The number of allylic oxidation sites excluding steroid dienone is 2. The van der Waals surface area contributed by atoms with Crippen molar-refractivity contribution in [3.05, 3.63) is 11.8 Å². The predicted octanol–water partition coefficient (Wildman–Crippen LogP) is 4.70. The van der Waals surface area contributed by atoms with E-state index in [-0.39, 0.29) is 5.97 Å². The Morgan fingerprint density at radius 3 is 2.45 bits per heavy atom. The Balaban J connectivity index is 1.85. The van der Waals surface area contributed by atoms with Crippen LogP contribution in [0.5, 0.6) is 0 Å². The van der Waals surface area contributed by atoms with Crippen molar-refractivity contribution in [3.8, 4) is 0 Å². The third-order valence-corrected chi connectivity index (χ3v) is 6.50. The zero-order valence-corrected chi connectivity index (χ0v) is 13.8. The maximum atomic E-state index is 12.2. The molecule has 0 aromatic heterocycles. The summed E-state index contributed by atoms with van der Waals surface area (Å²) in [4.78, 5) is 12.2. The quantitative estimate of drug-likeness (QED) is 0.649. The largest absolute Gasteiger partial charge is 0.431 e. The molecule has 2 saturated carbocycles. The molecular weight excluding hydrogens is 248 g/mol. The molecule has 0 amide bonds. The van der Waals surface area contributed by atoms with Crippen molar-refractivity contribution < 1.29 is 9.53 Å². The van der Waals surface area contributed by atoms with Gasteiger partial charge in [-0.3, -0.25) is 4.79 Å². The Morgan fingerprint density at radius 1 is 1.25 bits per heavy atom. The molecule has 20 heavy (non-hydrogen) atoms. The smallest absolute Gasteiger partial charge is 0.316 e. The van der Waals surface area contributed by atoms with Crippen LogP contribution < -0.4 is 0 Å². The van der Waals surface area contributed by atoms with Gasteiger partial charge in [-0.25, -0.2) is 0 Å². The molecule has 2 fully saturated rings. The van der Waals surface area contributed by atoms with Crippen LogP contribution in [0.25, 0.3) is 0 Å². The van der Waals surface area contributed by atoms with Gasteiger partial charge in [0.1, 0.15) is 5.76 Å². The van der Waals surface area contributed by atoms with Gasteiger partial charge in [0.15, 0.2) is 0 Å². The van der Waals surface area contributed by atoms with Gasteiger partial charge >= 0.3 is 5.97 Å². The molecule has 0 heterocycles. The van der Waals surface area contributed by atoms with Gasteiger partial charge in [-0.1, -0.05) is 27.2 Å². The van der Waals surface area contributed by atoms with Crippen molar-refractivity contribution in [3.63, 3.8) is 0 Å². The molecule has 0 aromatic carbocycles. The zero-order valence-electron chi connectivity index (χ0n) is 13.8. The molecule has 3 aliphatic carbocycles. The summed E-state index contributed by atoms with van der Waals surface area (Å²) in [5.41, 5.74) is 0.646. The fourth-order valence-corrected chi connectivity index (χ4v) is 5.34. The Bertz CT molecular complexity index is 494. The van der Waals surface area contributed by atoms with Crippen LogP contribution in [-0.4, -0.2) is 5.97 Å². The van der Waals surface area contributed by atoms with E-state index in [2.05, 4.69) is 26.8 Å². The summed E-state index contributed by atoms with van der Waals surface area (Å²) in [6, 6.07) is 0. The van der Waals surface area contributed by atoms with Crippen LogP contribution in [-0.2, 0) is 9.53 Å². The second kappa shape index (κ2) is 3.69. The van der Waals surface area contributed by atoms with E-state index in [1.54, 1.807) is 0 Å². The normalized spacial score (nSPS) is 41.5. The first-order valence-electron chi connectivity index (χ1n) is 7.99. The summed E-state index contributed by atoms with van der Waals surface area (Å²) >= 11 is 0. The highest BCUT2D eigenvalue weighted by atomic mass is 16.5. The van der Waals surface area contributed by atoms with Crippen LogP contribution >= 0.6 is 0 Å². The minimum absolute atomic E-state index is 0.0918. The second-order valence-corrected chi connectivity index (χ2v) is 9.01. The number of esters is 1. The van der Waals surface area contributed by atoms with Crippen molar-refractivity contribution in [2.75, 3.05) is 0 Å². The average Bonchev–Trinajstić information content (AvgIpc) is 2.64. The summed E-state index contributed by atoms with van der Waals surface area (Å²) in [5.74, 6) is 1.35. The molecule has 0 saturated heterocycles. The first-order valence-corrected chi connectivity index (χ1v) is 7.99. The van der Waals surface area contributed by atoms with Gasteiger partial charge in [0.2, 0.25) is 0 Å². The minimum atomic E-state index is -0.424. The first kappa shape index (κ1) is 14.2. The molecule has 0 aliphatic heterocycles. The van der Waals surface area contributed by atoms with Crippen LogP contribution in [0.2, 0.25) is 0 Å². The van der Waals surface area contributed by atoms with E-state index in [1.807, 2.05) is 20.8 Å². The SMILES string of the molecule is CC(C)(C)C(=O)OC1=CC[C@]23[C@H]1[C@@]2(C)CCCC3(C)C. The van der Waals surface area contributed by atoms with E-state index in [1.165, 1.54) is 19.3 Å². The predicted molar refractivity (Wildman–Crippen MR) is 79.9 cm³/mol. The number of carbonyl (C=O) groups excluding carboxylic acids is 1. The van der Waals surface area contributed by atoms with E-state index in [0.29, 0.717) is 22.2 Å². The third-order valence-electron chi connectivity index (χ3n) is 6.50. The van der Waals surface area contributed by atoms with Crippen LogP contribution in [0.4, 0.5) is 0 Å².